The van der Waals surface area contributed by atoms with Gasteiger partial charge in [0, 0.05) is 11.6 Å². The highest BCUT2D eigenvalue weighted by Gasteiger charge is 2.10. The maximum Gasteiger partial charge on any atom is 0.133 e. The van der Waals surface area contributed by atoms with Gasteiger partial charge in [-0.3, -0.25) is 0 Å². The van der Waals surface area contributed by atoms with Gasteiger partial charge >= 0.3 is 0 Å². The van der Waals surface area contributed by atoms with E-state index in [1.165, 1.54) is 0 Å². The highest BCUT2D eigenvalue weighted by molar-refractivity contribution is 9.10. The van der Waals surface area contributed by atoms with E-state index >= 15 is 0 Å². The fourth-order valence-electron chi connectivity index (χ4n) is 1.08. The lowest BCUT2D eigenvalue weighted by Gasteiger charge is -2.11. The summed E-state index contributed by atoms with van der Waals surface area (Å²) in [6, 6.07) is 3.10. The lowest BCUT2D eigenvalue weighted by atomic mass is 10.1. The standard InChI is InChI=1S/C9H12BrNO2/c1-5(11)6-3-9(13-2)7(10)4-8(6)12/h3-5,12H,11H2,1-2H3. The van der Waals surface area contributed by atoms with E-state index in [1.807, 2.05) is 6.92 Å². The summed E-state index contributed by atoms with van der Waals surface area (Å²) >= 11 is 3.26. The van der Waals surface area contributed by atoms with Crippen LogP contribution in [0.3, 0.4) is 0 Å². The van der Waals surface area contributed by atoms with Gasteiger partial charge in [0.15, 0.2) is 0 Å². The van der Waals surface area contributed by atoms with Crippen molar-refractivity contribution in [3.63, 3.8) is 0 Å². The van der Waals surface area contributed by atoms with E-state index in [9.17, 15) is 5.11 Å². The molecule has 1 aromatic rings. The molecule has 0 aromatic heterocycles. The molecule has 3 nitrogen and oxygen atoms in total. The Labute approximate surface area is 85.6 Å². The van der Waals surface area contributed by atoms with Crippen LogP contribution in [0.4, 0.5) is 0 Å². The number of hydrogen-bond donors (Lipinski definition) is 2. The third-order valence-corrected chi connectivity index (χ3v) is 2.41. The summed E-state index contributed by atoms with van der Waals surface area (Å²) in [5, 5.41) is 9.52. The molecule has 0 radical (unpaired) electrons. The zero-order valence-electron chi connectivity index (χ0n) is 7.54. The maximum absolute atomic E-state index is 9.52. The first-order chi connectivity index (χ1) is 6.06. The van der Waals surface area contributed by atoms with E-state index in [-0.39, 0.29) is 11.8 Å². The molecule has 1 atom stereocenters. The topological polar surface area (TPSA) is 55.5 Å². The van der Waals surface area contributed by atoms with Crippen LogP contribution in [0.25, 0.3) is 0 Å². The molecule has 0 saturated carbocycles. The zero-order chi connectivity index (χ0) is 10.0. The van der Waals surface area contributed by atoms with Gasteiger partial charge in [-0.15, -0.1) is 0 Å². The van der Waals surface area contributed by atoms with Crippen LogP contribution in [0.5, 0.6) is 11.5 Å². The quantitative estimate of drug-likeness (QED) is 0.840. The van der Waals surface area contributed by atoms with Gasteiger partial charge < -0.3 is 15.6 Å². The Kier molecular flexibility index (Phi) is 3.17. The molecule has 72 valence electrons. The van der Waals surface area contributed by atoms with Crippen LogP contribution < -0.4 is 10.5 Å². The summed E-state index contributed by atoms with van der Waals surface area (Å²) in [6.45, 7) is 1.81. The monoisotopic (exact) mass is 245 g/mol. The minimum absolute atomic E-state index is 0.183. The molecule has 0 saturated heterocycles. The van der Waals surface area contributed by atoms with Gasteiger partial charge in [0.25, 0.3) is 0 Å². The minimum atomic E-state index is -0.206. The molecule has 0 aliphatic heterocycles. The predicted octanol–water partition coefficient (Wildman–Crippen LogP) is 2.18. The van der Waals surface area contributed by atoms with Crippen molar-refractivity contribution >= 4 is 15.9 Å². The number of aromatic hydroxyl groups is 1. The van der Waals surface area contributed by atoms with E-state index in [0.717, 1.165) is 4.47 Å². The minimum Gasteiger partial charge on any atom is -0.508 e. The van der Waals surface area contributed by atoms with E-state index in [2.05, 4.69) is 15.9 Å². The van der Waals surface area contributed by atoms with Crippen molar-refractivity contribution < 1.29 is 9.84 Å². The molecule has 0 spiro atoms. The summed E-state index contributed by atoms with van der Waals surface area (Å²) in [5.41, 5.74) is 6.34. The number of rotatable bonds is 2. The second kappa shape index (κ2) is 3.98. The lowest BCUT2D eigenvalue weighted by molar-refractivity contribution is 0.407. The number of phenolic OH excluding ortho intramolecular Hbond substituents is 1. The van der Waals surface area contributed by atoms with Gasteiger partial charge in [0.05, 0.1) is 11.6 Å². The summed E-state index contributed by atoms with van der Waals surface area (Å²) < 4.78 is 5.80. The van der Waals surface area contributed by atoms with Crippen molar-refractivity contribution in [2.75, 3.05) is 7.11 Å². The molecule has 1 aromatic carbocycles. The number of nitrogens with two attached hydrogens (primary N) is 1. The van der Waals surface area contributed by atoms with E-state index in [0.29, 0.717) is 11.3 Å². The molecule has 1 rings (SSSR count). The number of benzene rings is 1. The second-order valence-electron chi connectivity index (χ2n) is 2.83. The number of methoxy groups -OCH3 is 1. The Hall–Kier alpha value is -0.740. The first-order valence-corrected chi connectivity index (χ1v) is 4.67. The van der Waals surface area contributed by atoms with Crippen molar-refractivity contribution in [1.29, 1.82) is 0 Å². The number of hydrogen-bond acceptors (Lipinski definition) is 3. The molecule has 0 aliphatic rings. The van der Waals surface area contributed by atoms with Gasteiger partial charge in [-0.2, -0.15) is 0 Å². The molecule has 0 amide bonds. The van der Waals surface area contributed by atoms with Gasteiger partial charge in [-0.1, -0.05) is 0 Å². The van der Waals surface area contributed by atoms with Crippen LogP contribution in [0.2, 0.25) is 0 Å². The SMILES string of the molecule is COc1cc(C(C)N)c(O)cc1Br. The van der Waals surface area contributed by atoms with Crippen molar-refractivity contribution in [3.05, 3.63) is 22.2 Å². The Morgan fingerprint density at radius 3 is 2.62 bits per heavy atom. The molecule has 0 bridgehead atoms. The first-order valence-electron chi connectivity index (χ1n) is 3.88. The molecular formula is C9H12BrNO2. The number of halogens is 1. The van der Waals surface area contributed by atoms with Crippen LogP contribution >= 0.6 is 15.9 Å². The number of ether oxygens (including phenoxy) is 1. The summed E-state index contributed by atoms with van der Waals surface area (Å²) in [5.74, 6) is 0.854. The van der Waals surface area contributed by atoms with E-state index in [1.54, 1.807) is 19.2 Å². The van der Waals surface area contributed by atoms with Gasteiger partial charge in [0.1, 0.15) is 11.5 Å². The largest absolute Gasteiger partial charge is 0.508 e. The zero-order valence-corrected chi connectivity index (χ0v) is 9.13. The Morgan fingerprint density at radius 2 is 2.15 bits per heavy atom. The van der Waals surface area contributed by atoms with E-state index < -0.39 is 0 Å². The van der Waals surface area contributed by atoms with Crippen molar-refractivity contribution in [1.82, 2.24) is 0 Å². The molecule has 1 unspecified atom stereocenters. The van der Waals surface area contributed by atoms with Gasteiger partial charge in [0.2, 0.25) is 0 Å². The molecule has 13 heavy (non-hydrogen) atoms. The molecule has 0 heterocycles. The molecule has 3 N–H and O–H groups in total. The van der Waals surface area contributed by atoms with Crippen molar-refractivity contribution in [3.8, 4) is 11.5 Å². The van der Waals surface area contributed by atoms with Crippen molar-refractivity contribution in [2.24, 2.45) is 5.73 Å². The highest BCUT2D eigenvalue weighted by atomic mass is 79.9. The maximum atomic E-state index is 9.52. The Balaban J connectivity index is 3.22. The second-order valence-corrected chi connectivity index (χ2v) is 3.69. The smallest absolute Gasteiger partial charge is 0.133 e. The molecule has 0 fully saturated rings. The average Bonchev–Trinajstić information content (AvgIpc) is 2.03. The van der Waals surface area contributed by atoms with Gasteiger partial charge in [-0.05, 0) is 35.0 Å². The van der Waals surface area contributed by atoms with Crippen LogP contribution in [-0.4, -0.2) is 12.2 Å². The summed E-state index contributed by atoms with van der Waals surface area (Å²) in [7, 11) is 1.57. The molecule has 0 aliphatic carbocycles. The van der Waals surface area contributed by atoms with Crippen LogP contribution in [0, 0.1) is 0 Å². The van der Waals surface area contributed by atoms with Crippen molar-refractivity contribution in [2.45, 2.75) is 13.0 Å². The Morgan fingerprint density at radius 1 is 1.54 bits per heavy atom. The summed E-state index contributed by atoms with van der Waals surface area (Å²) in [6.07, 6.45) is 0. The number of phenols is 1. The fraction of sp³-hybridized carbons (Fsp3) is 0.333. The third kappa shape index (κ3) is 2.14. The predicted molar refractivity (Wildman–Crippen MR) is 55.0 cm³/mol. The van der Waals surface area contributed by atoms with Gasteiger partial charge in [-0.25, -0.2) is 0 Å². The molecule has 4 heteroatoms. The highest BCUT2D eigenvalue weighted by Crippen LogP contribution is 2.34. The van der Waals surface area contributed by atoms with E-state index in [4.69, 9.17) is 10.5 Å². The lowest BCUT2D eigenvalue weighted by Crippen LogP contribution is -2.05. The van der Waals surface area contributed by atoms with Crippen LogP contribution in [0.15, 0.2) is 16.6 Å². The van der Waals surface area contributed by atoms with Crippen LogP contribution in [-0.2, 0) is 0 Å². The van der Waals surface area contributed by atoms with Crippen LogP contribution in [0.1, 0.15) is 18.5 Å². The summed E-state index contributed by atoms with van der Waals surface area (Å²) in [4.78, 5) is 0. The Bertz CT molecular complexity index is 313. The fourth-order valence-corrected chi connectivity index (χ4v) is 1.57. The third-order valence-electron chi connectivity index (χ3n) is 1.79. The first kappa shape index (κ1) is 10.3. The molecular weight excluding hydrogens is 234 g/mol. The normalized spacial score (nSPS) is 12.6. The average molecular weight is 246 g/mol.